The molecule has 1 aliphatic heterocycles. The van der Waals surface area contributed by atoms with Gasteiger partial charge in [-0.15, -0.1) is 5.10 Å². The number of hydrogen-bond acceptors (Lipinski definition) is 4. The number of carbonyl (C=O) groups is 1. The first-order valence-corrected chi connectivity index (χ1v) is 8.98. The Morgan fingerprint density at radius 3 is 3.00 bits per heavy atom. The summed E-state index contributed by atoms with van der Waals surface area (Å²) in [7, 11) is 1.67. The maximum atomic E-state index is 12.8. The van der Waals surface area contributed by atoms with Crippen molar-refractivity contribution in [1.29, 1.82) is 0 Å². The van der Waals surface area contributed by atoms with Crippen molar-refractivity contribution < 1.29 is 9.53 Å². The molecule has 4 rings (SSSR count). The Morgan fingerprint density at radius 2 is 2.12 bits per heavy atom. The van der Waals surface area contributed by atoms with Crippen molar-refractivity contribution in [3.8, 4) is 5.75 Å². The third-order valence-electron chi connectivity index (χ3n) is 5.01. The summed E-state index contributed by atoms with van der Waals surface area (Å²) in [6.07, 6.45) is 2.44. The molecule has 1 saturated heterocycles. The van der Waals surface area contributed by atoms with Crippen LogP contribution in [0, 0.1) is 0 Å². The van der Waals surface area contributed by atoms with Crippen LogP contribution in [0.5, 0.6) is 5.75 Å². The van der Waals surface area contributed by atoms with E-state index in [9.17, 15) is 4.79 Å². The minimum Gasteiger partial charge on any atom is -0.497 e. The lowest BCUT2D eigenvalue weighted by atomic mass is 10.0. The molecular formula is C20H22N4O2. The maximum Gasteiger partial charge on any atom is 0.224 e. The normalized spacial score (nSPS) is 17.0. The number of likely N-dealkylation sites (tertiary alicyclic amines) is 1. The van der Waals surface area contributed by atoms with Crippen LogP contribution >= 0.6 is 0 Å². The second-order valence-electron chi connectivity index (χ2n) is 6.57. The molecule has 6 heteroatoms. The highest BCUT2D eigenvalue weighted by molar-refractivity contribution is 5.78. The lowest BCUT2D eigenvalue weighted by molar-refractivity contribution is -0.132. The van der Waals surface area contributed by atoms with Crippen LogP contribution in [-0.2, 0) is 11.3 Å². The molecule has 0 aliphatic carbocycles. The first-order chi connectivity index (χ1) is 12.8. The highest BCUT2D eigenvalue weighted by atomic mass is 16.5. The van der Waals surface area contributed by atoms with E-state index in [1.165, 1.54) is 0 Å². The molecule has 2 heterocycles. The molecule has 1 fully saturated rings. The topological polar surface area (TPSA) is 60.2 Å². The number of rotatable bonds is 5. The number of hydrogen-bond donors (Lipinski definition) is 0. The fourth-order valence-corrected chi connectivity index (χ4v) is 3.69. The van der Waals surface area contributed by atoms with Gasteiger partial charge in [-0.2, -0.15) is 0 Å². The summed E-state index contributed by atoms with van der Waals surface area (Å²) in [5, 5.41) is 8.32. The summed E-state index contributed by atoms with van der Waals surface area (Å²) < 4.78 is 7.13. The number of methoxy groups -OCH3 is 1. The summed E-state index contributed by atoms with van der Waals surface area (Å²) in [4.78, 5) is 14.8. The number of amides is 1. The summed E-state index contributed by atoms with van der Waals surface area (Å²) in [5.74, 6) is 0.991. The van der Waals surface area contributed by atoms with Crippen molar-refractivity contribution in [3.63, 3.8) is 0 Å². The molecule has 1 aliphatic rings. The van der Waals surface area contributed by atoms with E-state index in [0.717, 1.165) is 41.7 Å². The highest BCUT2D eigenvalue weighted by Crippen LogP contribution is 2.33. The monoisotopic (exact) mass is 350 g/mol. The molecule has 134 valence electrons. The van der Waals surface area contributed by atoms with Gasteiger partial charge < -0.3 is 9.64 Å². The second-order valence-corrected chi connectivity index (χ2v) is 6.57. The minimum atomic E-state index is 0.130. The second kappa shape index (κ2) is 7.15. The molecule has 0 spiro atoms. The third kappa shape index (κ3) is 3.14. The number of fused-ring (bicyclic) bond motifs is 1. The van der Waals surface area contributed by atoms with Gasteiger partial charge in [0.1, 0.15) is 11.3 Å². The summed E-state index contributed by atoms with van der Waals surface area (Å²) in [6.45, 7) is 1.35. The third-order valence-corrected chi connectivity index (χ3v) is 5.01. The van der Waals surface area contributed by atoms with E-state index in [4.69, 9.17) is 4.74 Å². The summed E-state index contributed by atoms with van der Waals surface area (Å²) >= 11 is 0. The number of aryl methyl sites for hydroxylation is 1. The maximum absolute atomic E-state index is 12.8. The Hall–Kier alpha value is -2.89. The van der Waals surface area contributed by atoms with Crippen LogP contribution in [0.1, 0.15) is 30.9 Å². The van der Waals surface area contributed by atoms with E-state index in [1.54, 1.807) is 7.11 Å². The Labute approximate surface area is 152 Å². The number of carbonyl (C=O) groups excluding carboxylic acids is 1. The SMILES string of the molecule is COc1cccc([C@H]2CCCN2C(=O)CCn2nnc3ccccc32)c1. The fourth-order valence-electron chi connectivity index (χ4n) is 3.69. The van der Waals surface area contributed by atoms with Crippen molar-refractivity contribution in [3.05, 3.63) is 54.1 Å². The molecule has 2 aromatic carbocycles. The van der Waals surface area contributed by atoms with Crippen molar-refractivity contribution in [2.24, 2.45) is 0 Å². The predicted octanol–water partition coefficient (Wildman–Crippen LogP) is 3.19. The lowest BCUT2D eigenvalue weighted by Gasteiger charge is -2.25. The summed E-state index contributed by atoms with van der Waals surface area (Å²) in [5.41, 5.74) is 2.96. The zero-order valence-corrected chi connectivity index (χ0v) is 14.8. The zero-order chi connectivity index (χ0) is 17.9. The fraction of sp³-hybridized carbons (Fsp3) is 0.350. The van der Waals surface area contributed by atoms with Gasteiger partial charge in [0.25, 0.3) is 0 Å². The van der Waals surface area contributed by atoms with Crippen LogP contribution in [0.4, 0.5) is 0 Å². The van der Waals surface area contributed by atoms with E-state index in [0.29, 0.717) is 13.0 Å². The van der Waals surface area contributed by atoms with Crippen molar-refractivity contribution in [2.75, 3.05) is 13.7 Å². The van der Waals surface area contributed by atoms with Crippen LogP contribution in [0.2, 0.25) is 0 Å². The molecule has 1 aromatic heterocycles. The molecule has 3 aromatic rings. The number of para-hydroxylation sites is 1. The molecule has 0 saturated carbocycles. The van der Waals surface area contributed by atoms with Crippen LogP contribution < -0.4 is 4.74 Å². The van der Waals surface area contributed by atoms with Crippen molar-refractivity contribution in [2.45, 2.75) is 31.8 Å². The Morgan fingerprint density at radius 1 is 1.23 bits per heavy atom. The van der Waals surface area contributed by atoms with Gasteiger partial charge in [-0.25, -0.2) is 4.68 Å². The van der Waals surface area contributed by atoms with Gasteiger partial charge in [0.05, 0.1) is 25.2 Å². The molecular weight excluding hydrogens is 328 g/mol. The highest BCUT2D eigenvalue weighted by Gasteiger charge is 2.29. The number of benzene rings is 2. The molecule has 0 N–H and O–H groups in total. The smallest absolute Gasteiger partial charge is 0.224 e. The number of nitrogens with zero attached hydrogens (tertiary/aromatic N) is 4. The Kier molecular flexibility index (Phi) is 4.56. The van der Waals surface area contributed by atoms with Gasteiger partial charge in [0, 0.05) is 13.0 Å². The van der Waals surface area contributed by atoms with E-state index in [1.807, 2.05) is 52.0 Å². The Balaban J connectivity index is 1.46. The first-order valence-electron chi connectivity index (χ1n) is 8.98. The molecule has 6 nitrogen and oxygen atoms in total. The molecule has 1 atom stereocenters. The number of aromatic nitrogens is 3. The molecule has 0 radical (unpaired) electrons. The molecule has 0 bridgehead atoms. The standard InChI is InChI=1S/C20H22N4O2/c1-26-16-7-4-6-15(14-16)18-10-5-12-23(18)20(25)11-13-24-19-9-3-2-8-17(19)21-22-24/h2-4,6-9,14,18H,5,10-13H2,1H3/t18-/m1/s1. The van der Waals surface area contributed by atoms with Gasteiger partial charge in [-0.3, -0.25) is 4.79 Å². The van der Waals surface area contributed by atoms with Crippen molar-refractivity contribution >= 4 is 16.9 Å². The zero-order valence-electron chi connectivity index (χ0n) is 14.8. The van der Waals surface area contributed by atoms with E-state index >= 15 is 0 Å². The average molecular weight is 350 g/mol. The van der Waals surface area contributed by atoms with Gasteiger partial charge in [0.15, 0.2) is 0 Å². The molecule has 1 amide bonds. The van der Waals surface area contributed by atoms with Gasteiger partial charge in [-0.05, 0) is 42.7 Å². The van der Waals surface area contributed by atoms with Crippen LogP contribution in [0.15, 0.2) is 48.5 Å². The predicted molar refractivity (Wildman–Crippen MR) is 98.8 cm³/mol. The van der Waals surface area contributed by atoms with Gasteiger partial charge >= 0.3 is 0 Å². The van der Waals surface area contributed by atoms with E-state index in [2.05, 4.69) is 16.4 Å². The van der Waals surface area contributed by atoms with Gasteiger partial charge in [-0.1, -0.05) is 29.5 Å². The van der Waals surface area contributed by atoms with Crippen LogP contribution in [-0.4, -0.2) is 39.5 Å². The summed E-state index contributed by atoms with van der Waals surface area (Å²) in [6, 6.07) is 16.0. The van der Waals surface area contributed by atoms with E-state index in [-0.39, 0.29) is 11.9 Å². The van der Waals surface area contributed by atoms with Crippen molar-refractivity contribution in [1.82, 2.24) is 19.9 Å². The van der Waals surface area contributed by atoms with E-state index < -0.39 is 0 Å². The Bertz CT molecular complexity index is 921. The molecule has 0 unspecified atom stereocenters. The quantitative estimate of drug-likeness (QED) is 0.709. The van der Waals surface area contributed by atoms with Crippen LogP contribution in [0.25, 0.3) is 11.0 Å². The number of ether oxygens (including phenoxy) is 1. The largest absolute Gasteiger partial charge is 0.497 e. The van der Waals surface area contributed by atoms with Gasteiger partial charge in [0.2, 0.25) is 5.91 Å². The minimum absolute atomic E-state index is 0.130. The lowest BCUT2D eigenvalue weighted by Crippen LogP contribution is -2.31. The average Bonchev–Trinajstić information content (AvgIpc) is 3.33. The van der Waals surface area contributed by atoms with Crippen LogP contribution in [0.3, 0.4) is 0 Å². The molecule has 26 heavy (non-hydrogen) atoms. The first kappa shape index (κ1) is 16.6.